The second-order valence-corrected chi connectivity index (χ2v) is 6.57. The van der Waals surface area contributed by atoms with Crippen LogP contribution in [0.2, 0.25) is 0 Å². The Labute approximate surface area is 143 Å². The van der Waals surface area contributed by atoms with E-state index in [4.69, 9.17) is 24.4 Å². The molecular weight excluding hydrogens is 318 g/mol. The first-order valence-electron chi connectivity index (χ1n) is 7.77. The van der Waals surface area contributed by atoms with Gasteiger partial charge in [0.25, 0.3) is 0 Å². The molecule has 0 spiro atoms. The van der Waals surface area contributed by atoms with Crippen molar-refractivity contribution >= 4 is 40.6 Å². The van der Waals surface area contributed by atoms with Crippen LogP contribution in [0.4, 0.5) is 0 Å². The molecule has 2 atom stereocenters. The average Bonchev–Trinajstić information content (AvgIpc) is 2.82. The van der Waals surface area contributed by atoms with Crippen LogP contribution in [0.3, 0.4) is 0 Å². The number of carbonyl (C=O) groups is 1. The molecule has 1 amide bonds. The van der Waals surface area contributed by atoms with Crippen LogP contribution in [0, 0.1) is 0 Å². The fourth-order valence-corrected chi connectivity index (χ4v) is 4.08. The van der Waals surface area contributed by atoms with E-state index in [2.05, 4.69) is 48.1 Å². The number of carbonyl (C=O) groups excluding carboxylic acids is 1. The highest BCUT2D eigenvalue weighted by molar-refractivity contribution is 7.80. The number of hydrogen-bond donors (Lipinski definition) is 2. The van der Waals surface area contributed by atoms with E-state index in [1.54, 1.807) is 0 Å². The van der Waals surface area contributed by atoms with E-state index in [-0.39, 0.29) is 18.5 Å². The van der Waals surface area contributed by atoms with Gasteiger partial charge in [-0.1, -0.05) is 0 Å². The van der Waals surface area contributed by atoms with Crippen LogP contribution in [0.25, 0.3) is 0 Å². The lowest BCUT2D eigenvalue weighted by Gasteiger charge is -2.55. The average molecular weight is 344 g/mol. The first-order chi connectivity index (χ1) is 10.4. The summed E-state index contributed by atoms with van der Waals surface area (Å²) >= 11 is 11.1. The fourth-order valence-electron chi connectivity index (χ4n) is 3.19. The van der Waals surface area contributed by atoms with Crippen LogP contribution in [0.5, 0.6) is 0 Å². The maximum atomic E-state index is 11.8. The Morgan fingerprint density at radius 3 is 2.59 bits per heavy atom. The normalized spacial score (nSPS) is 28.8. The van der Waals surface area contributed by atoms with Crippen LogP contribution in [-0.2, 0) is 4.79 Å². The molecule has 2 saturated heterocycles. The number of thiocarbonyl (C=S) groups is 2. The largest absolute Gasteiger partial charge is 0.350 e. The van der Waals surface area contributed by atoms with Crippen molar-refractivity contribution in [1.29, 1.82) is 0 Å². The third kappa shape index (κ3) is 2.79. The summed E-state index contributed by atoms with van der Waals surface area (Å²) in [5.41, 5.74) is -0.464. The van der Waals surface area contributed by atoms with Gasteiger partial charge in [0, 0.05) is 32.2 Å². The van der Waals surface area contributed by atoms with Gasteiger partial charge in [-0.15, -0.1) is 0 Å². The first kappa shape index (κ1) is 17.4. The molecule has 0 aromatic carbocycles. The van der Waals surface area contributed by atoms with Crippen molar-refractivity contribution < 1.29 is 4.79 Å². The maximum absolute atomic E-state index is 11.8. The molecule has 0 radical (unpaired) electrons. The highest BCUT2D eigenvalue weighted by Gasteiger charge is 2.50. The van der Waals surface area contributed by atoms with Gasteiger partial charge in [0.1, 0.15) is 12.2 Å². The van der Waals surface area contributed by atoms with Crippen LogP contribution in [0.1, 0.15) is 27.7 Å². The van der Waals surface area contributed by atoms with E-state index < -0.39 is 5.66 Å². The van der Waals surface area contributed by atoms with Crippen molar-refractivity contribution in [2.45, 2.75) is 39.4 Å². The molecule has 2 rings (SSSR count). The molecule has 0 saturated carbocycles. The molecule has 2 N–H and O–H groups in total. The molecule has 0 aromatic heterocycles. The van der Waals surface area contributed by atoms with Gasteiger partial charge in [-0.3, -0.25) is 4.79 Å². The molecule has 124 valence electrons. The molecule has 0 bridgehead atoms. The molecule has 22 heavy (non-hydrogen) atoms. The third-order valence-electron chi connectivity index (χ3n) is 4.76. The van der Waals surface area contributed by atoms with E-state index in [1.165, 1.54) is 0 Å². The van der Waals surface area contributed by atoms with E-state index in [1.807, 2.05) is 4.90 Å². The monoisotopic (exact) mass is 343 g/mol. The minimum Gasteiger partial charge on any atom is -0.350 e. The van der Waals surface area contributed by atoms with Gasteiger partial charge >= 0.3 is 0 Å². The molecule has 2 aliphatic rings. The Morgan fingerprint density at radius 2 is 2.09 bits per heavy atom. The van der Waals surface area contributed by atoms with E-state index >= 15 is 0 Å². The smallest absolute Gasteiger partial charge is 0.245 e. The van der Waals surface area contributed by atoms with Crippen molar-refractivity contribution in [2.24, 2.45) is 0 Å². The Morgan fingerprint density at radius 1 is 1.45 bits per heavy atom. The highest BCUT2D eigenvalue weighted by atomic mass is 32.1. The topological polar surface area (TPSA) is 50.9 Å². The zero-order valence-corrected chi connectivity index (χ0v) is 15.3. The highest BCUT2D eigenvalue weighted by Crippen LogP contribution is 2.30. The van der Waals surface area contributed by atoms with Gasteiger partial charge < -0.3 is 25.3 Å². The lowest BCUT2D eigenvalue weighted by molar-refractivity contribution is -0.120. The third-order valence-corrected chi connectivity index (χ3v) is 5.56. The molecule has 2 unspecified atom stereocenters. The molecule has 6 nitrogen and oxygen atoms in total. The van der Waals surface area contributed by atoms with Crippen molar-refractivity contribution in [3.8, 4) is 0 Å². The summed E-state index contributed by atoms with van der Waals surface area (Å²) in [6.07, 6.45) is 0. The Balaban J connectivity index is 2.36. The van der Waals surface area contributed by atoms with Crippen LogP contribution >= 0.6 is 24.4 Å². The number of hydrogen-bond acceptors (Lipinski definition) is 4. The zero-order chi connectivity index (χ0) is 16.5. The fraction of sp³-hybridized carbons (Fsp3) is 0.786. The zero-order valence-electron chi connectivity index (χ0n) is 13.7. The van der Waals surface area contributed by atoms with Crippen molar-refractivity contribution in [2.75, 3.05) is 32.7 Å². The Hall–Kier alpha value is -0.990. The van der Waals surface area contributed by atoms with E-state index in [0.717, 1.165) is 31.3 Å². The second kappa shape index (κ2) is 6.64. The molecule has 8 heteroatoms. The second-order valence-electron chi connectivity index (χ2n) is 5.82. The molecule has 2 aliphatic heterocycles. The Kier molecular flexibility index (Phi) is 5.24. The SMILES string of the molecule is CCN(CC)C(=S)N1CCNC(C)C1(C)N1CC(=O)NC1=S. The molecular formula is C14H25N5OS2. The van der Waals surface area contributed by atoms with Crippen LogP contribution in [-0.4, -0.2) is 75.3 Å². The van der Waals surface area contributed by atoms with Gasteiger partial charge in [-0.05, 0) is 52.1 Å². The van der Waals surface area contributed by atoms with Gasteiger partial charge in [-0.25, -0.2) is 0 Å². The molecule has 2 heterocycles. The summed E-state index contributed by atoms with van der Waals surface area (Å²) in [6, 6.07) is 0.125. The molecule has 2 fully saturated rings. The summed E-state index contributed by atoms with van der Waals surface area (Å²) in [5, 5.41) is 7.52. The summed E-state index contributed by atoms with van der Waals surface area (Å²) in [5.74, 6) is -0.0577. The quantitative estimate of drug-likeness (QED) is 0.717. The van der Waals surface area contributed by atoms with Gasteiger partial charge in [-0.2, -0.15) is 0 Å². The molecule has 0 aromatic rings. The summed E-state index contributed by atoms with van der Waals surface area (Å²) in [6.45, 7) is 12.1. The first-order valence-corrected chi connectivity index (χ1v) is 8.59. The summed E-state index contributed by atoms with van der Waals surface area (Å²) in [7, 11) is 0. The van der Waals surface area contributed by atoms with E-state index in [0.29, 0.717) is 5.11 Å². The van der Waals surface area contributed by atoms with Gasteiger partial charge in [0.2, 0.25) is 5.91 Å². The standard InChI is InChI=1S/C14H25N5OS2/c1-5-17(6-2)13(22)18-8-7-15-10(3)14(18,4)19-9-11(20)16-12(19)21/h10,15H,5-9H2,1-4H3,(H,16,20,21). The number of nitrogens with one attached hydrogen (secondary N) is 2. The lowest BCUT2D eigenvalue weighted by atomic mass is 9.97. The minimum absolute atomic E-state index is 0.0577. The van der Waals surface area contributed by atoms with E-state index in [9.17, 15) is 4.79 Å². The minimum atomic E-state index is -0.464. The lowest BCUT2D eigenvalue weighted by Crippen LogP contribution is -2.74. The summed E-state index contributed by atoms with van der Waals surface area (Å²) in [4.78, 5) is 18.1. The maximum Gasteiger partial charge on any atom is 0.245 e. The van der Waals surface area contributed by atoms with Crippen molar-refractivity contribution in [1.82, 2.24) is 25.3 Å². The van der Waals surface area contributed by atoms with Crippen LogP contribution < -0.4 is 10.6 Å². The number of rotatable bonds is 3. The molecule has 0 aliphatic carbocycles. The number of nitrogens with zero attached hydrogens (tertiary/aromatic N) is 3. The number of piperazine rings is 1. The van der Waals surface area contributed by atoms with Crippen molar-refractivity contribution in [3.05, 3.63) is 0 Å². The van der Waals surface area contributed by atoms with Gasteiger partial charge in [0.05, 0.1) is 0 Å². The Bertz CT molecular complexity index is 482. The van der Waals surface area contributed by atoms with Crippen molar-refractivity contribution in [3.63, 3.8) is 0 Å². The van der Waals surface area contributed by atoms with Gasteiger partial charge in [0.15, 0.2) is 10.2 Å². The van der Waals surface area contributed by atoms with Crippen LogP contribution in [0.15, 0.2) is 0 Å². The predicted octanol–water partition coefficient (Wildman–Crippen LogP) is 0.340. The summed E-state index contributed by atoms with van der Waals surface area (Å²) < 4.78 is 0. The predicted molar refractivity (Wildman–Crippen MR) is 95.5 cm³/mol. The number of amides is 1.